The van der Waals surface area contributed by atoms with Crippen molar-refractivity contribution in [1.29, 1.82) is 10.5 Å². The van der Waals surface area contributed by atoms with Gasteiger partial charge in [0.05, 0.1) is 43.2 Å². The highest BCUT2D eigenvalue weighted by atomic mass is 35.5. The van der Waals surface area contributed by atoms with Crippen molar-refractivity contribution in [2.45, 2.75) is 17.9 Å². The number of hydrogen-bond donors (Lipinski definition) is 2. The average Bonchev–Trinajstić information content (AvgIpc) is 3.68. The van der Waals surface area contributed by atoms with Crippen molar-refractivity contribution < 1.29 is 14.3 Å². The van der Waals surface area contributed by atoms with Crippen molar-refractivity contribution in [3.63, 3.8) is 0 Å². The number of benzene rings is 5. The molecule has 2 N–H and O–H groups in total. The van der Waals surface area contributed by atoms with Crippen LogP contribution >= 0.6 is 35.0 Å². The van der Waals surface area contributed by atoms with E-state index < -0.39 is 11.6 Å². The minimum Gasteiger partial charge on any atom is -0.456 e. The Morgan fingerprint density at radius 3 is 2.08 bits per heavy atom. The maximum absolute atomic E-state index is 13.6. The molecule has 7 nitrogen and oxygen atoms in total. The van der Waals surface area contributed by atoms with Gasteiger partial charge in [-0.15, -0.1) is 0 Å². The topological polar surface area (TPSA) is 107 Å². The van der Waals surface area contributed by atoms with E-state index in [1.807, 2.05) is 84.9 Å². The summed E-state index contributed by atoms with van der Waals surface area (Å²) in [6, 6.07) is 34.4. The summed E-state index contributed by atoms with van der Waals surface area (Å²) in [5.41, 5.74) is 5.93. The number of fused-ring (bicyclic) bond motifs is 8. The largest absolute Gasteiger partial charge is 0.456 e. The number of nitrogens with zero attached hydrogens (tertiary/aromatic N) is 2. The third kappa shape index (κ3) is 4.92. The number of para-hydroxylation sites is 2. The van der Waals surface area contributed by atoms with Gasteiger partial charge in [-0.2, -0.15) is 10.5 Å². The minimum absolute atomic E-state index is 0. The van der Waals surface area contributed by atoms with E-state index in [1.54, 1.807) is 18.2 Å². The Hall–Kier alpha value is -5.90. The Kier molecular flexibility index (Phi) is 7.70. The van der Waals surface area contributed by atoms with Gasteiger partial charge in [-0.05, 0) is 77.4 Å². The second-order valence-electron chi connectivity index (χ2n) is 11.9. The smallest absolute Gasteiger partial charge is 0.340 e. The first-order chi connectivity index (χ1) is 24.4. The zero-order valence-electron chi connectivity index (χ0n) is 25.7. The first-order valence-electron chi connectivity index (χ1n) is 15.5. The van der Waals surface area contributed by atoms with Crippen LogP contribution in [0.5, 0.6) is 11.5 Å². The Morgan fingerprint density at radius 2 is 1.37 bits per heavy atom. The van der Waals surface area contributed by atoms with Crippen molar-refractivity contribution in [2.75, 3.05) is 10.6 Å². The number of allylic oxidation sites excluding steroid dienone is 3. The first kappa shape index (κ1) is 32.3. The predicted octanol–water partition coefficient (Wildman–Crippen LogP) is 11.0. The molecule has 4 heterocycles. The molecule has 0 saturated heterocycles. The number of ether oxygens (including phenoxy) is 2. The van der Waals surface area contributed by atoms with Crippen molar-refractivity contribution in [3.05, 3.63) is 163 Å². The third-order valence-corrected chi connectivity index (χ3v) is 11.0. The van der Waals surface area contributed by atoms with E-state index in [0.717, 1.165) is 21.8 Å². The van der Waals surface area contributed by atoms with Crippen molar-refractivity contribution >= 4 is 69.5 Å². The number of thioether (sulfide) groups is 1. The monoisotopic (exact) mass is 722 g/mol. The molecule has 0 radical (unpaired) electrons. The summed E-state index contributed by atoms with van der Waals surface area (Å²) in [5, 5.41) is 28.7. The zero-order valence-corrected chi connectivity index (χ0v) is 28.0. The minimum atomic E-state index is -1.45. The van der Waals surface area contributed by atoms with Crippen LogP contribution in [-0.2, 0) is 10.3 Å². The SMILES string of the molecule is C.N#C/C(=C1/C=Cc2ccccc2N1)c1ccc2c(c1)Oc1cc(/C(C#N)=C3/Nc4ccccc4S3)ccc1C21OC(=O)c2cc(Cl)c(Cl)cc21. The fourth-order valence-corrected chi connectivity index (χ4v) is 8.19. The van der Waals surface area contributed by atoms with E-state index >= 15 is 0 Å². The number of anilines is 2. The van der Waals surface area contributed by atoms with Crippen LogP contribution in [0.4, 0.5) is 11.4 Å². The van der Waals surface area contributed by atoms with Crippen LogP contribution in [-0.4, -0.2) is 5.97 Å². The lowest BCUT2D eigenvalue weighted by Gasteiger charge is -2.37. The number of nitriles is 2. The molecule has 51 heavy (non-hydrogen) atoms. The number of carbonyl (C=O) groups excluding carboxylic acids is 1. The highest BCUT2D eigenvalue weighted by Gasteiger charge is 2.54. The van der Waals surface area contributed by atoms with E-state index in [1.165, 1.54) is 17.8 Å². The van der Waals surface area contributed by atoms with E-state index in [-0.39, 0.29) is 23.0 Å². The molecule has 1 atom stereocenters. The summed E-state index contributed by atoms with van der Waals surface area (Å²) >= 11 is 14.4. The van der Waals surface area contributed by atoms with Gasteiger partial charge in [-0.25, -0.2) is 4.79 Å². The molecule has 0 aromatic heterocycles. The molecule has 0 fully saturated rings. The van der Waals surface area contributed by atoms with Gasteiger partial charge in [0, 0.05) is 27.3 Å². The van der Waals surface area contributed by atoms with Gasteiger partial charge in [0.15, 0.2) is 5.60 Å². The van der Waals surface area contributed by atoms with Crippen LogP contribution in [0.3, 0.4) is 0 Å². The summed E-state index contributed by atoms with van der Waals surface area (Å²) in [5.74, 6) is 0.188. The van der Waals surface area contributed by atoms with E-state index in [2.05, 4.69) is 22.8 Å². The molecule has 9 rings (SSSR count). The lowest BCUT2D eigenvalue weighted by atomic mass is 9.77. The normalized spacial score (nSPS) is 18.9. The van der Waals surface area contributed by atoms with E-state index in [0.29, 0.717) is 61.2 Å². The van der Waals surface area contributed by atoms with Crippen LogP contribution in [0.2, 0.25) is 10.0 Å². The van der Waals surface area contributed by atoms with E-state index in [4.69, 9.17) is 32.7 Å². The summed E-state index contributed by atoms with van der Waals surface area (Å²) in [7, 11) is 0. The molecule has 0 saturated carbocycles. The van der Waals surface area contributed by atoms with Crippen LogP contribution in [0, 0.1) is 22.7 Å². The molecule has 0 bridgehead atoms. The molecule has 0 aliphatic carbocycles. The second kappa shape index (κ2) is 12.2. The Balaban J connectivity index is 0.00000374. The van der Waals surface area contributed by atoms with Gasteiger partial charge in [-0.1, -0.05) is 90.9 Å². The standard InChI is InChI=1S/C40H20Cl2N4O3S.CH4/c41-30-17-24-29(18-31(30)42)40(49-39(24)47)27-12-9-22(25(19-43)33-14-11-21-5-1-2-6-32(21)45-33)15-35(27)48-36-16-23(10-13-28(36)40)26(20-44)38-46-34-7-3-4-8-37(34)50-38;/h1-18,45-46H;1H4/b33-25+,38-26-;. The van der Waals surface area contributed by atoms with Crippen molar-refractivity contribution in [3.8, 4) is 23.6 Å². The van der Waals surface area contributed by atoms with Gasteiger partial charge < -0.3 is 20.1 Å². The lowest BCUT2D eigenvalue weighted by molar-refractivity contribution is 0.0224. The molecule has 4 aliphatic heterocycles. The number of rotatable bonds is 2. The van der Waals surface area contributed by atoms with Crippen LogP contribution in [0.1, 0.15) is 51.2 Å². The Labute approximate surface area is 308 Å². The fraction of sp³-hybridized carbons (Fsp3) is 0.0488. The van der Waals surface area contributed by atoms with Gasteiger partial charge in [-0.3, -0.25) is 0 Å². The zero-order chi connectivity index (χ0) is 34.1. The molecule has 0 amide bonds. The molecule has 246 valence electrons. The van der Waals surface area contributed by atoms with Gasteiger partial charge in [0.25, 0.3) is 0 Å². The molecule has 5 aromatic rings. The summed E-state index contributed by atoms with van der Waals surface area (Å²) in [4.78, 5) is 14.6. The number of halogens is 2. The molecular weight excluding hydrogens is 699 g/mol. The fourth-order valence-electron chi connectivity index (χ4n) is 6.84. The van der Waals surface area contributed by atoms with Crippen LogP contribution < -0.4 is 15.4 Å². The lowest BCUT2D eigenvalue weighted by Crippen LogP contribution is -2.33. The molecule has 10 heteroatoms. The second-order valence-corrected chi connectivity index (χ2v) is 13.8. The molecular formula is C41H24Cl2N4O3S. The predicted molar refractivity (Wildman–Crippen MR) is 202 cm³/mol. The highest BCUT2D eigenvalue weighted by molar-refractivity contribution is 8.04. The van der Waals surface area contributed by atoms with Gasteiger partial charge in [0.2, 0.25) is 0 Å². The highest BCUT2D eigenvalue weighted by Crippen LogP contribution is 2.58. The number of carbonyl (C=O) groups is 1. The summed E-state index contributed by atoms with van der Waals surface area (Å²) in [6.45, 7) is 0. The third-order valence-electron chi connectivity index (χ3n) is 9.15. The maximum Gasteiger partial charge on any atom is 0.340 e. The molecule has 5 aromatic carbocycles. The summed E-state index contributed by atoms with van der Waals surface area (Å²) in [6.07, 6.45) is 3.83. The molecule has 1 unspecified atom stereocenters. The number of hydrogen-bond acceptors (Lipinski definition) is 8. The van der Waals surface area contributed by atoms with Gasteiger partial charge in [0.1, 0.15) is 23.6 Å². The Morgan fingerprint density at radius 1 is 0.725 bits per heavy atom. The van der Waals surface area contributed by atoms with Crippen molar-refractivity contribution in [2.24, 2.45) is 0 Å². The maximum atomic E-state index is 13.6. The van der Waals surface area contributed by atoms with Crippen LogP contribution in [0.15, 0.2) is 119 Å². The van der Waals surface area contributed by atoms with Crippen LogP contribution in [0.25, 0.3) is 17.2 Å². The van der Waals surface area contributed by atoms with Crippen molar-refractivity contribution in [1.82, 2.24) is 0 Å². The number of nitrogens with one attached hydrogen (secondary N) is 2. The first-order valence-corrected chi connectivity index (χ1v) is 17.0. The summed E-state index contributed by atoms with van der Waals surface area (Å²) < 4.78 is 13.0. The molecule has 1 spiro atoms. The molecule has 4 aliphatic rings. The van der Waals surface area contributed by atoms with E-state index in [9.17, 15) is 15.3 Å². The van der Waals surface area contributed by atoms with Gasteiger partial charge >= 0.3 is 5.97 Å². The quantitative estimate of drug-likeness (QED) is 0.137. The Bertz CT molecular complexity index is 2540. The number of esters is 1. The average molecular weight is 724 g/mol.